The number of hydrogen-bond acceptors (Lipinski definition) is 5. The second-order valence-corrected chi connectivity index (χ2v) is 8.24. The molecule has 2 aromatic carbocycles. The molecule has 28 heavy (non-hydrogen) atoms. The lowest BCUT2D eigenvalue weighted by atomic mass is 10.2. The summed E-state index contributed by atoms with van der Waals surface area (Å²) in [5, 5.41) is 3.98. The van der Waals surface area contributed by atoms with Gasteiger partial charge in [0, 0.05) is 36.5 Å². The lowest BCUT2D eigenvalue weighted by molar-refractivity contribution is -0.113. The van der Waals surface area contributed by atoms with Crippen LogP contribution < -0.4 is 15.8 Å². The number of nitrogens with zero attached hydrogens (tertiary/aromatic N) is 3. The molecule has 1 amide bonds. The van der Waals surface area contributed by atoms with Gasteiger partial charge in [0.25, 0.3) is 5.56 Å². The quantitative estimate of drug-likeness (QED) is 0.445. The Balaban J connectivity index is 1.74. The number of rotatable bonds is 6. The summed E-state index contributed by atoms with van der Waals surface area (Å²) in [4.78, 5) is 31.6. The predicted octanol–water partition coefficient (Wildman–Crippen LogP) is 3.98. The lowest BCUT2D eigenvalue weighted by Gasteiger charge is -2.13. The van der Waals surface area contributed by atoms with E-state index in [9.17, 15) is 9.59 Å². The highest BCUT2D eigenvalue weighted by Crippen LogP contribution is 2.21. The average molecular weight is 461 g/mol. The summed E-state index contributed by atoms with van der Waals surface area (Å²) in [6, 6.07) is 13.1. The van der Waals surface area contributed by atoms with Crippen molar-refractivity contribution in [3.05, 3.63) is 57.3 Å². The van der Waals surface area contributed by atoms with Crippen LogP contribution in [0.25, 0.3) is 10.9 Å². The molecule has 0 aliphatic heterocycles. The average Bonchev–Trinajstić information content (AvgIpc) is 2.67. The fourth-order valence-corrected chi connectivity index (χ4v) is 3.96. The normalized spacial score (nSPS) is 10.9. The number of carbonyl (C=O) groups is 1. The molecule has 146 valence electrons. The Labute approximate surface area is 176 Å². The molecule has 0 saturated heterocycles. The number of benzene rings is 2. The highest BCUT2D eigenvalue weighted by Gasteiger charge is 2.13. The Morgan fingerprint density at radius 3 is 2.57 bits per heavy atom. The summed E-state index contributed by atoms with van der Waals surface area (Å²) in [6.07, 6.45) is 0. The number of carbonyl (C=O) groups excluding carboxylic acids is 1. The minimum absolute atomic E-state index is 0.101. The van der Waals surface area contributed by atoms with Crippen LogP contribution in [0, 0.1) is 0 Å². The molecule has 0 saturated carbocycles. The van der Waals surface area contributed by atoms with Crippen molar-refractivity contribution < 1.29 is 4.79 Å². The molecule has 1 heterocycles. The predicted molar refractivity (Wildman–Crippen MR) is 119 cm³/mol. The molecule has 0 radical (unpaired) electrons. The van der Waals surface area contributed by atoms with Gasteiger partial charge in [0.2, 0.25) is 5.91 Å². The van der Waals surface area contributed by atoms with E-state index in [4.69, 9.17) is 0 Å². The summed E-state index contributed by atoms with van der Waals surface area (Å²) < 4.78 is 2.43. The number of fused-ring (bicyclic) bond motifs is 1. The highest BCUT2D eigenvalue weighted by molar-refractivity contribution is 9.10. The molecule has 0 unspecified atom stereocenters. The smallest absolute Gasteiger partial charge is 0.262 e. The van der Waals surface area contributed by atoms with E-state index in [0.717, 1.165) is 15.8 Å². The van der Waals surface area contributed by atoms with E-state index in [1.54, 1.807) is 16.7 Å². The first kappa shape index (κ1) is 20.4. The van der Waals surface area contributed by atoms with E-state index in [0.29, 0.717) is 22.6 Å². The monoisotopic (exact) mass is 460 g/mol. The van der Waals surface area contributed by atoms with Crippen molar-refractivity contribution in [1.29, 1.82) is 0 Å². The van der Waals surface area contributed by atoms with Gasteiger partial charge in [-0.25, -0.2) is 4.98 Å². The van der Waals surface area contributed by atoms with Crippen molar-refractivity contribution in [1.82, 2.24) is 9.55 Å². The van der Waals surface area contributed by atoms with Crippen LogP contribution in [-0.4, -0.2) is 35.3 Å². The van der Waals surface area contributed by atoms with E-state index in [1.165, 1.54) is 11.8 Å². The Morgan fingerprint density at radius 1 is 1.21 bits per heavy atom. The van der Waals surface area contributed by atoms with E-state index in [-0.39, 0.29) is 17.2 Å². The maximum atomic E-state index is 12.7. The molecule has 0 fully saturated rings. The van der Waals surface area contributed by atoms with Crippen LogP contribution in [-0.2, 0) is 11.3 Å². The van der Waals surface area contributed by atoms with Gasteiger partial charge >= 0.3 is 0 Å². The summed E-state index contributed by atoms with van der Waals surface area (Å²) >= 11 is 4.65. The molecular formula is C20H21BrN4O2S. The van der Waals surface area contributed by atoms with Gasteiger partial charge in [-0.2, -0.15) is 0 Å². The Bertz CT molecular complexity index is 1060. The third-order valence-corrected chi connectivity index (χ3v) is 5.67. The molecule has 0 atom stereocenters. The third kappa shape index (κ3) is 4.56. The van der Waals surface area contributed by atoms with Gasteiger partial charge in [-0.05, 0) is 49.4 Å². The molecular weight excluding hydrogens is 440 g/mol. The van der Waals surface area contributed by atoms with Crippen LogP contribution in [0.1, 0.15) is 6.92 Å². The first-order chi connectivity index (χ1) is 13.4. The summed E-state index contributed by atoms with van der Waals surface area (Å²) in [5.41, 5.74) is 2.32. The fourth-order valence-electron chi connectivity index (χ4n) is 2.73. The van der Waals surface area contributed by atoms with Crippen LogP contribution >= 0.6 is 27.7 Å². The van der Waals surface area contributed by atoms with Gasteiger partial charge in [-0.15, -0.1) is 0 Å². The molecule has 0 bridgehead atoms. The van der Waals surface area contributed by atoms with Crippen molar-refractivity contribution in [2.75, 3.05) is 30.1 Å². The molecule has 6 nitrogen and oxygen atoms in total. The second kappa shape index (κ2) is 8.79. The molecule has 3 aromatic rings. The largest absolute Gasteiger partial charge is 0.378 e. The van der Waals surface area contributed by atoms with E-state index in [1.807, 2.05) is 56.3 Å². The third-order valence-electron chi connectivity index (χ3n) is 4.20. The SMILES string of the molecule is CCn1c(SCC(=O)Nc2ccc(N(C)C)cc2)nc2ccc(Br)cc2c1=O. The molecule has 8 heteroatoms. The van der Waals surface area contributed by atoms with E-state index >= 15 is 0 Å². The number of halogens is 1. The fraction of sp³-hybridized carbons (Fsp3) is 0.250. The van der Waals surface area contributed by atoms with Gasteiger partial charge in [0.05, 0.1) is 16.7 Å². The van der Waals surface area contributed by atoms with E-state index in [2.05, 4.69) is 26.2 Å². The number of hydrogen-bond donors (Lipinski definition) is 1. The maximum absolute atomic E-state index is 12.7. The molecule has 0 spiro atoms. The molecule has 1 N–H and O–H groups in total. The minimum atomic E-state index is -0.143. The Hall–Kier alpha value is -2.32. The van der Waals surface area contributed by atoms with Crippen LogP contribution in [0.4, 0.5) is 11.4 Å². The standard InChI is InChI=1S/C20H21BrN4O2S/c1-4-25-19(27)16-11-13(21)5-10-17(16)23-20(25)28-12-18(26)22-14-6-8-15(9-7-14)24(2)3/h5-11H,4,12H2,1-3H3,(H,22,26). The van der Waals surface area contributed by atoms with Crippen molar-refractivity contribution in [2.45, 2.75) is 18.6 Å². The van der Waals surface area contributed by atoms with Crippen LogP contribution in [0.2, 0.25) is 0 Å². The van der Waals surface area contributed by atoms with Crippen molar-refractivity contribution in [3.63, 3.8) is 0 Å². The van der Waals surface area contributed by atoms with Gasteiger partial charge in [0.15, 0.2) is 5.16 Å². The van der Waals surface area contributed by atoms with Crippen molar-refractivity contribution in [2.24, 2.45) is 0 Å². The number of amides is 1. The van der Waals surface area contributed by atoms with Gasteiger partial charge in [-0.1, -0.05) is 27.7 Å². The number of nitrogens with one attached hydrogen (secondary N) is 1. The van der Waals surface area contributed by atoms with Crippen molar-refractivity contribution >= 4 is 55.9 Å². The number of thioether (sulfide) groups is 1. The summed E-state index contributed by atoms with van der Waals surface area (Å²) in [5.74, 6) is 0.0274. The van der Waals surface area contributed by atoms with Crippen LogP contribution in [0.15, 0.2) is 56.9 Å². The van der Waals surface area contributed by atoms with Gasteiger partial charge in [0.1, 0.15) is 0 Å². The van der Waals surface area contributed by atoms with Gasteiger partial charge < -0.3 is 10.2 Å². The first-order valence-corrected chi connectivity index (χ1v) is 10.6. The zero-order valence-corrected chi connectivity index (χ0v) is 18.3. The zero-order valence-electron chi connectivity index (χ0n) is 15.9. The Kier molecular flexibility index (Phi) is 6.41. The summed E-state index contributed by atoms with van der Waals surface area (Å²) in [7, 11) is 3.93. The molecule has 1 aromatic heterocycles. The minimum Gasteiger partial charge on any atom is -0.378 e. The molecule has 0 aliphatic carbocycles. The zero-order chi connectivity index (χ0) is 20.3. The number of anilines is 2. The topological polar surface area (TPSA) is 67.2 Å². The lowest BCUT2D eigenvalue weighted by Crippen LogP contribution is -2.23. The van der Waals surface area contributed by atoms with E-state index < -0.39 is 0 Å². The number of aromatic nitrogens is 2. The van der Waals surface area contributed by atoms with Crippen LogP contribution in [0.5, 0.6) is 0 Å². The van der Waals surface area contributed by atoms with Crippen LogP contribution in [0.3, 0.4) is 0 Å². The first-order valence-electron chi connectivity index (χ1n) is 8.79. The Morgan fingerprint density at radius 2 is 1.93 bits per heavy atom. The van der Waals surface area contributed by atoms with Gasteiger partial charge in [-0.3, -0.25) is 14.2 Å². The summed E-state index contributed by atoms with van der Waals surface area (Å²) in [6.45, 7) is 2.38. The highest BCUT2D eigenvalue weighted by atomic mass is 79.9. The molecule has 3 rings (SSSR count). The van der Waals surface area contributed by atoms with Crippen molar-refractivity contribution in [3.8, 4) is 0 Å². The molecule has 0 aliphatic rings. The maximum Gasteiger partial charge on any atom is 0.262 e. The second-order valence-electron chi connectivity index (χ2n) is 6.38.